The number of piperidine rings is 1. The Kier molecular flexibility index (Phi) is 3.82. The van der Waals surface area contributed by atoms with Crippen molar-refractivity contribution in [2.45, 2.75) is 57.1 Å². The molecule has 2 aliphatic heterocycles. The molecule has 3 rings (SSSR count). The average Bonchev–Trinajstić information content (AvgIpc) is 3.06. The molecule has 118 valence electrons. The Labute approximate surface area is 124 Å². The Morgan fingerprint density at radius 1 is 1.05 bits per heavy atom. The maximum Gasteiger partial charge on any atom is 0.326 e. The monoisotopic (exact) mass is 296 g/mol. The van der Waals surface area contributed by atoms with Gasteiger partial charge in [0, 0.05) is 26.1 Å². The number of aliphatic hydroxyl groups excluding tert-OH is 1. The molecular formula is C15H24N2O4. The van der Waals surface area contributed by atoms with E-state index in [9.17, 15) is 19.8 Å². The summed E-state index contributed by atoms with van der Waals surface area (Å²) in [5.41, 5.74) is 0.438. The van der Waals surface area contributed by atoms with Crippen LogP contribution in [0.25, 0.3) is 0 Å². The van der Waals surface area contributed by atoms with E-state index >= 15 is 0 Å². The predicted octanol–water partition coefficient (Wildman–Crippen LogP) is 1.28. The van der Waals surface area contributed by atoms with Gasteiger partial charge in [-0.3, -0.25) is 0 Å². The van der Waals surface area contributed by atoms with E-state index in [0.717, 1.165) is 25.9 Å². The molecule has 1 saturated carbocycles. The van der Waals surface area contributed by atoms with Gasteiger partial charge in [-0.1, -0.05) is 12.8 Å². The minimum atomic E-state index is -1.02. The van der Waals surface area contributed by atoms with E-state index in [4.69, 9.17) is 0 Å². The Bertz CT molecular complexity index is 423. The minimum absolute atomic E-state index is 0.136. The molecule has 0 aromatic heterocycles. The minimum Gasteiger partial charge on any atom is -0.480 e. The number of carboxylic acid groups (broad SMARTS) is 1. The van der Waals surface area contributed by atoms with Gasteiger partial charge in [-0.2, -0.15) is 0 Å². The molecule has 1 aliphatic carbocycles. The summed E-state index contributed by atoms with van der Waals surface area (Å²) < 4.78 is 0. The highest BCUT2D eigenvalue weighted by atomic mass is 16.4. The van der Waals surface area contributed by atoms with Crippen LogP contribution in [-0.4, -0.2) is 63.8 Å². The summed E-state index contributed by atoms with van der Waals surface area (Å²) in [5, 5.41) is 18.9. The quantitative estimate of drug-likeness (QED) is 0.764. The largest absolute Gasteiger partial charge is 0.480 e. The van der Waals surface area contributed by atoms with Crippen LogP contribution in [-0.2, 0) is 4.79 Å². The van der Waals surface area contributed by atoms with Gasteiger partial charge in [0.15, 0.2) is 0 Å². The van der Waals surface area contributed by atoms with Crippen LogP contribution in [0.2, 0.25) is 0 Å². The molecule has 0 bridgehead atoms. The lowest BCUT2D eigenvalue weighted by Gasteiger charge is -2.41. The Morgan fingerprint density at radius 2 is 1.67 bits per heavy atom. The number of carbonyl (C=O) groups is 2. The van der Waals surface area contributed by atoms with Crippen molar-refractivity contribution in [2.75, 3.05) is 19.6 Å². The fourth-order valence-corrected chi connectivity index (χ4v) is 4.24. The van der Waals surface area contributed by atoms with E-state index in [-0.39, 0.29) is 19.0 Å². The second-order valence-electron chi connectivity index (χ2n) is 6.87. The van der Waals surface area contributed by atoms with Gasteiger partial charge < -0.3 is 20.0 Å². The fourth-order valence-electron chi connectivity index (χ4n) is 4.24. The smallest absolute Gasteiger partial charge is 0.326 e. The zero-order valence-electron chi connectivity index (χ0n) is 12.3. The van der Waals surface area contributed by atoms with Crippen LogP contribution in [0.5, 0.6) is 0 Å². The third kappa shape index (κ3) is 2.73. The molecule has 0 radical (unpaired) electrons. The van der Waals surface area contributed by atoms with Gasteiger partial charge in [-0.25, -0.2) is 9.59 Å². The van der Waals surface area contributed by atoms with Crippen LogP contribution in [0.3, 0.4) is 0 Å². The van der Waals surface area contributed by atoms with Crippen LogP contribution in [0, 0.1) is 5.41 Å². The van der Waals surface area contributed by atoms with Crippen molar-refractivity contribution in [3.63, 3.8) is 0 Å². The fraction of sp³-hybridized carbons (Fsp3) is 0.867. The third-order valence-corrected chi connectivity index (χ3v) is 5.57. The molecular weight excluding hydrogens is 272 g/mol. The number of carbonyl (C=O) groups excluding carboxylic acids is 1. The van der Waals surface area contributed by atoms with Gasteiger partial charge in [0.25, 0.3) is 0 Å². The molecule has 1 spiro atoms. The lowest BCUT2D eigenvalue weighted by Crippen LogP contribution is -2.51. The van der Waals surface area contributed by atoms with Crippen molar-refractivity contribution in [3.05, 3.63) is 0 Å². The number of amides is 2. The standard InChI is InChI=1S/C15H24N2O4/c18-11-9-12(13(19)20)17(10-11)14(21)16-7-5-15(6-8-16)3-1-2-4-15/h11-12,18H,1-10H2,(H,19,20)/t11-,12-/m0/s1. The van der Waals surface area contributed by atoms with E-state index in [1.165, 1.54) is 30.6 Å². The highest BCUT2D eigenvalue weighted by Gasteiger charge is 2.43. The molecule has 21 heavy (non-hydrogen) atoms. The summed E-state index contributed by atoms with van der Waals surface area (Å²) in [6, 6.07) is -1.10. The van der Waals surface area contributed by atoms with Crippen LogP contribution < -0.4 is 0 Å². The zero-order valence-corrected chi connectivity index (χ0v) is 12.3. The lowest BCUT2D eigenvalue weighted by atomic mass is 9.77. The highest BCUT2D eigenvalue weighted by molar-refractivity contribution is 5.83. The zero-order chi connectivity index (χ0) is 15.0. The topological polar surface area (TPSA) is 81.1 Å². The molecule has 2 amide bonds. The predicted molar refractivity (Wildman–Crippen MR) is 75.9 cm³/mol. The van der Waals surface area contributed by atoms with Crippen LogP contribution in [0.1, 0.15) is 44.9 Å². The van der Waals surface area contributed by atoms with E-state index in [0.29, 0.717) is 5.41 Å². The number of nitrogens with zero attached hydrogens (tertiary/aromatic N) is 2. The molecule has 2 atom stereocenters. The second kappa shape index (κ2) is 5.48. The Balaban J connectivity index is 1.62. The third-order valence-electron chi connectivity index (χ3n) is 5.57. The molecule has 6 nitrogen and oxygen atoms in total. The summed E-state index contributed by atoms with van der Waals surface area (Å²) in [7, 11) is 0. The number of hydrogen-bond donors (Lipinski definition) is 2. The van der Waals surface area contributed by atoms with Crippen LogP contribution >= 0.6 is 0 Å². The molecule has 0 aromatic carbocycles. The van der Waals surface area contributed by atoms with Crippen molar-refractivity contribution < 1.29 is 19.8 Å². The summed E-state index contributed by atoms with van der Waals surface area (Å²) in [4.78, 5) is 26.9. The molecule has 3 fully saturated rings. The first-order chi connectivity index (χ1) is 10.0. The number of carboxylic acids is 1. The molecule has 2 heterocycles. The number of aliphatic carboxylic acids is 1. The van der Waals surface area contributed by atoms with Crippen molar-refractivity contribution in [1.29, 1.82) is 0 Å². The van der Waals surface area contributed by atoms with Gasteiger partial charge in [0.2, 0.25) is 0 Å². The lowest BCUT2D eigenvalue weighted by molar-refractivity contribution is -0.141. The maximum absolute atomic E-state index is 12.5. The van der Waals surface area contributed by atoms with Crippen molar-refractivity contribution in [2.24, 2.45) is 5.41 Å². The van der Waals surface area contributed by atoms with E-state index in [1.54, 1.807) is 4.90 Å². The van der Waals surface area contributed by atoms with Crippen LogP contribution in [0.4, 0.5) is 4.79 Å². The van der Waals surface area contributed by atoms with Gasteiger partial charge in [0.1, 0.15) is 6.04 Å². The second-order valence-corrected chi connectivity index (χ2v) is 6.87. The molecule has 3 aliphatic rings. The number of rotatable bonds is 1. The summed E-state index contributed by atoms with van der Waals surface area (Å²) in [5.74, 6) is -1.02. The summed E-state index contributed by atoms with van der Waals surface area (Å²) >= 11 is 0. The number of aliphatic hydroxyl groups is 1. The molecule has 0 unspecified atom stereocenters. The maximum atomic E-state index is 12.5. The van der Waals surface area contributed by atoms with Gasteiger partial charge in [-0.15, -0.1) is 0 Å². The first-order valence-corrected chi connectivity index (χ1v) is 7.97. The number of hydrogen-bond acceptors (Lipinski definition) is 3. The van der Waals surface area contributed by atoms with Crippen molar-refractivity contribution >= 4 is 12.0 Å². The molecule has 2 N–H and O–H groups in total. The first-order valence-electron chi connectivity index (χ1n) is 7.97. The normalized spacial score (nSPS) is 31.9. The van der Waals surface area contributed by atoms with E-state index < -0.39 is 18.1 Å². The van der Waals surface area contributed by atoms with Crippen molar-refractivity contribution in [3.8, 4) is 0 Å². The highest BCUT2D eigenvalue weighted by Crippen LogP contribution is 2.46. The molecule has 2 saturated heterocycles. The van der Waals surface area contributed by atoms with Gasteiger partial charge in [0.05, 0.1) is 6.10 Å². The Morgan fingerprint density at radius 3 is 2.24 bits per heavy atom. The van der Waals surface area contributed by atoms with Gasteiger partial charge >= 0.3 is 12.0 Å². The number of urea groups is 1. The number of β-amino-alcohol motifs (C(OH)–C–C–N with tert-alkyl or cyclic N) is 1. The first kappa shape index (κ1) is 14.6. The van der Waals surface area contributed by atoms with Crippen molar-refractivity contribution in [1.82, 2.24) is 9.80 Å². The average molecular weight is 296 g/mol. The van der Waals surface area contributed by atoms with Gasteiger partial charge in [-0.05, 0) is 31.1 Å². The van der Waals surface area contributed by atoms with E-state index in [1.807, 2.05) is 0 Å². The van der Waals surface area contributed by atoms with E-state index in [2.05, 4.69) is 0 Å². The SMILES string of the molecule is O=C(O)[C@@H]1C[C@H](O)CN1C(=O)N1CCC2(CCCC2)CC1. The Hall–Kier alpha value is -1.30. The summed E-state index contributed by atoms with van der Waals surface area (Å²) in [6.07, 6.45) is 6.63. The number of likely N-dealkylation sites (tertiary alicyclic amines) is 2. The molecule has 0 aromatic rings. The summed E-state index contributed by atoms with van der Waals surface area (Å²) in [6.45, 7) is 1.58. The van der Waals surface area contributed by atoms with Crippen LogP contribution in [0.15, 0.2) is 0 Å². The molecule has 6 heteroatoms.